The molecule has 2 aromatic carbocycles. The molecule has 0 heterocycles. The molecular formula is C22H31IN4O3S. The van der Waals surface area contributed by atoms with Crippen LogP contribution in [0.3, 0.4) is 0 Å². The number of hydrogen-bond acceptors (Lipinski definition) is 4. The summed E-state index contributed by atoms with van der Waals surface area (Å²) < 4.78 is 23.1. The summed E-state index contributed by atoms with van der Waals surface area (Å²) in [6.07, 6.45) is 1.95. The van der Waals surface area contributed by atoms with Gasteiger partial charge in [0.15, 0.2) is 15.8 Å². The topological polar surface area (TPSA) is 90.9 Å². The third kappa shape index (κ3) is 8.86. The average molecular weight is 558 g/mol. The quantitative estimate of drug-likeness (QED) is 0.296. The standard InChI is InChI=1S/C22H30N4O3S.HI/c1-5-23-22(25-16-18-9-11-20(12-10-18)30(4,28)29)24-14-13-17-7-6-8-19(15-17)21(27)26(2)3;/h6-12,15H,5,13-14,16H2,1-4H3,(H2,23,24,25);1H. The van der Waals surface area contributed by atoms with E-state index in [4.69, 9.17) is 0 Å². The Morgan fingerprint density at radius 1 is 1.03 bits per heavy atom. The smallest absolute Gasteiger partial charge is 0.253 e. The van der Waals surface area contributed by atoms with Gasteiger partial charge in [-0.3, -0.25) is 4.79 Å². The Balaban J connectivity index is 0.00000480. The second-order valence-corrected chi connectivity index (χ2v) is 9.20. The number of carbonyl (C=O) groups excluding carboxylic acids is 1. The summed E-state index contributed by atoms with van der Waals surface area (Å²) in [7, 11) is 0.286. The molecule has 0 spiro atoms. The number of guanidine groups is 1. The van der Waals surface area contributed by atoms with E-state index in [-0.39, 0.29) is 29.9 Å². The van der Waals surface area contributed by atoms with Crippen LogP contribution in [0.5, 0.6) is 0 Å². The van der Waals surface area contributed by atoms with E-state index >= 15 is 0 Å². The number of aliphatic imine (C=N–C) groups is 1. The molecule has 0 saturated heterocycles. The van der Waals surface area contributed by atoms with E-state index in [0.717, 1.165) is 24.1 Å². The van der Waals surface area contributed by atoms with Gasteiger partial charge in [0.2, 0.25) is 0 Å². The van der Waals surface area contributed by atoms with Gasteiger partial charge in [-0.1, -0.05) is 24.3 Å². The second kappa shape index (κ2) is 12.7. The lowest BCUT2D eigenvalue weighted by atomic mass is 10.1. The SMILES string of the molecule is CCNC(=NCc1ccc(S(C)(=O)=O)cc1)NCCc1cccc(C(=O)N(C)C)c1.I. The molecule has 2 aromatic rings. The van der Waals surface area contributed by atoms with Crippen LogP contribution in [0.2, 0.25) is 0 Å². The van der Waals surface area contributed by atoms with Gasteiger partial charge < -0.3 is 15.5 Å². The first-order valence-electron chi connectivity index (χ1n) is 9.82. The Morgan fingerprint density at radius 3 is 2.29 bits per heavy atom. The van der Waals surface area contributed by atoms with Crippen molar-refractivity contribution in [2.45, 2.75) is 24.8 Å². The maximum Gasteiger partial charge on any atom is 0.253 e. The van der Waals surface area contributed by atoms with Crippen LogP contribution in [-0.2, 0) is 22.8 Å². The van der Waals surface area contributed by atoms with Crippen LogP contribution in [0, 0.1) is 0 Å². The first kappa shape index (κ1) is 26.9. The Hall–Kier alpha value is -2.14. The fourth-order valence-electron chi connectivity index (χ4n) is 2.80. The number of nitrogens with zero attached hydrogens (tertiary/aromatic N) is 2. The summed E-state index contributed by atoms with van der Waals surface area (Å²) in [5.74, 6) is 0.673. The molecule has 2 N–H and O–H groups in total. The van der Waals surface area contributed by atoms with Crippen molar-refractivity contribution in [3.63, 3.8) is 0 Å². The maximum absolute atomic E-state index is 12.1. The molecule has 9 heteroatoms. The Bertz CT molecular complexity index is 990. The minimum absolute atomic E-state index is 0. The number of amides is 1. The lowest BCUT2D eigenvalue weighted by Crippen LogP contribution is -2.38. The summed E-state index contributed by atoms with van der Waals surface area (Å²) in [4.78, 5) is 18.5. The van der Waals surface area contributed by atoms with E-state index in [2.05, 4.69) is 15.6 Å². The molecular weight excluding hydrogens is 527 g/mol. The second-order valence-electron chi connectivity index (χ2n) is 7.19. The summed E-state index contributed by atoms with van der Waals surface area (Å²) in [6, 6.07) is 14.4. The van der Waals surface area contributed by atoms with Crippen LogP contribution in [0.1, 0.15) is 28.4 Å². The molecule has 0 aliphatic carbocycles. The van der Waals surface area contributed by atoms with Gasteiger partial charge in [-0.2, -0.15) is 0 Å². The van der Waals surface area contributed by atoms with E-state index in [0.29, 0.717) is 29.5 Å². The van der Waals surface area contributed by atoms with Crippen LogP contribution < -0.4 is 10.6 Å². The van der Waals surface area contributed by atoms with Crippen molar-refractivity contribution in [1.29, 1.82) is 0 Å². The van der Waals surface area contributed by atoms with Gasteiger partial charge in [0.25, 0.3) is 5.91 Å². The van der Waals surface area contributed by atoms with Crippen LogP contribution >= 0.6 is 24.0 Å². The van der Waals surface area contributed by atoms with Gasteiger partial charge in [-0.25, -0.2) is 13.4 Å². The highest BCUT2D eigenvalue weighted by atomic mass is 127. The number of rotatable bonds is 8. The molecule has 0 fully saturated rings. The summed E-state index contributed by atoms with van der Waals surface area (Å²) >= 11 is 0. The number of halogens is 1. The predicted octanol–water partition coefficient (Wildman–Crippen LogP) is 2.71. The molecule has 1 amide bonds. The molecule has 2 rings (SSSR count). The van der Waals surface area contributed by atoms with Crippen LogP contribution in [0.25, 0.3) is 0 Å². The fourth-order valence-corrected chi connectivity index (χ4v) is 3.43. The van der Waals surface area contributed by atoms with Crippen molar-refractivity contribution >= 4 is 45.7 Å². The molecule has 0 atom stereocenters. The largest absolute Gasteiger partial charge is 0.357 e. The maximum atomic E-state index is 12.1. The summed E-state index contributed by atoms with van der Waals surface area (Å²) in [5.41, 5.74) is 2.67. The van der Waals surface area contributed by atoms with E-state index < -0.39 is 9.84 Å². The molecule has 0 aromatic heterocycles. The van der Waals surface area contributed by atoms with Gasteiger partial charge >= 0.3 is 0 Å². The third-order valence-electron chi connectivity index (χ3n) is 4.40. The van der Waals surface area contributed by atoms with Gasteiger partial charge in [-0.05, 0) is 48.7 Å². The van der Waals surface area contributed by atoms with Gasteiger partial charge in [0, 0.05) is 39.0 Å². The molecule has 31 heavy (non-hydrogen) atoms. The van der Waals surface area contributed by atoms with E-state index in [1.807, 2.05) is 31.2 Å². The monoisotopic (exact) mass is 558 g/mol. The van der Waals surface area contributed by atoms with Crippen molar-refractivity contribution in [3.05, 3.63) is 65.2 Å². The van der Waals surface area contributed by atoms with Crippen molar-refractivity contribution < 1.29 is 13.2 Å². The normalized spacial score (nSPS) is 11.4. The fraction of sp³-hybridized carbons (Fsp3) is 0.364. The molecule has 0 radical (unpaired) electrons. The van der Waals surface area contributed by atoms with Gasteiger partial charge in [-0.15, -0.1) is 24.0 Å². The van der Waals surface area contributed by atoms with E-state index in [9.17, 15) is 13.2 Å². The predicted molar refractivity (Wildman–Crippen MR) is 136 cm³/mol. The Morgan fingerprint density at radius 2 is 1.71 bits per heavy atom. The van der Waals surface area contributed by atoms with Crippen LogP contribution in [0.15, 0.2) is 58.4 Å². The molecule has 0 aliphatic heterocycles. The Labute approximate surface area is 202 Å². The van der Waals surface area contributed by atoms with Crippen molar-refractivity contribution in [3.8, 4) is 0 Å². The number of nitrogens with one attached hydrogen (secondary N) is 2. The first-order valence-corrected chi connectivity index (χ1v) is 11.7. The zero-order valence-corrected chi connectivity index (χ0v) is 21.5. The molecule has 0 saturated carbocycles. The number of carbonyl (C=O) groups is 1. The van der Waals surface area contributed by atoms with Crippen LogP contribution in [0.4, 0.5) is 0 Å². The minimum Gasteiger partial charge on any atom is -0.357 e. The minimum atomic E-state index is -3.20. The highest BCUT2D eigenvalue weighted by Gasteiger charge is 2.08. The number of benzene rings is 2. The molecule has 170 valence electrons. The highest BCUT2D eigenvalue weighted by molar-refractivity contribution is 14.0. The molecule has 0 aliphatic rings. The van der Waals surface area contributed by atoms with Crippen molar-refractivity contribution in [2.75, 3.05) is 33.4 Å². The lowest BCUT2D eigenvalue weighted by Gasteiger charge is -2.13. The summed E-state index contributed by atoms with van der Waals surface area (Å²) in [5, 5.41) is 6.50. The van der Waals surface area contributed by atoms with E-state index in [1.54, 1.807) is 43.3 Å². The summed E-state index contributed by atoms with van der Waals surface area (Å²) in [6.45, 7) is 3.82. The van der Waals surface area contributed by atoms with Gasteiger partial charge in [0.05, 0.1) is 11.4 Å². The molecule has 0 bridgehead atoms. The molecule has 7 nitrogen and oxygen atoms in total. The lowest BCUT2D eigenvalue weighted by molar-refractivity contribution is 0.0827. The van der Waals surface area contributed by atoms with Gasteiger partial charge in [0.1, 0.15) is 0 Å². The first-order chi connectivity index (χ1) is 14.2. The molecule has 0 unspecified atom stereocenters. The van der Waals surface area contributed by atoms with Crippen LogP contribution in [-0.4, -0.2) is 58.6 Å². The average Bonchev–Trinajstić information content (AvgIpc) is 2.71. The van der Waals surface area contributed by atoms with Crippen molar-refractivity contribution in [1.82, 2.24) is 15.5 Å². The third-order valence-corrected chi connectivity index (χ3v) is 5.53. The number of sulfone groups is 1. The van der Waals surface area contributed by atoms with Crippen molar-refractivity contribution in [2.24, 2.45) is 4.99 Å². The highest BCUT2D eigenvalue weighted by Crippen LogP contribution is 2.11. The Kier molecular flexibility index (Phi) is 11.0. The zero-order chi connectivity index (χ0) is 22.1. The zero-order valence-electron chi connectivity index (χ0n) is 18.4. The number of hydrogen-bond donors (Lipinski definition) is 2. The van der Waals surface area contributed by atoms with E-state index in [1.165, 1.54) is 6.26 Å².